The fourth-order valence-electron chi connectivity index (χ4n) is 2.79. The van der Waals surface area contributed by atoms with Crippen molar-refractivity contribution in [1.82, 2.24) is 9.97 Å². The highest BCUT2D eigenvalue weighted by Crippen LogP contribution is 2.36. The van der Waals surface area contributed by atoms with Crippen molar-refractivity contribution in [2.24, 2.45) is 0 Å². The molecule has 0 bridgehead atoms. The molecule has 0 saturated heterocycles. The minimum Gasteiger partial charge on any atom is -0.481 e. The number of aliphatic carboxylic acids is 1. The van der Waals surface area contributed by atoms with E-state index in [1.54, 1.807) is 6.92 Å². The van der Waals surface area contributed by atoms with Crippen LogP contribution < -0.4 is 10.6 Å². The topological polar surface area (TPSA) is 104 Å². The van der Waals surface area contributed by atoms with Crippen LogP contribution in [-0.2, 0) is 11.0 Å². The summed E-state index contributed by atoms with van der Waals surface area (Å²) in [5, 5.41) is 15.5. The number of benzene rings is 1. The van der Waals surface area contributed by atoms with Crippen LogP contribution in [0.2, 0.25) is 5.02 Å². The number of nitrogens with zero attached hydrogens (tertiary/aromatic N) is 2. The summed E-state index contributed by atoms with van der Waals surface area (Å²) >= 11 is 7.01. The number of carboxylic acid groups (broad SMARTS) is 1. The molecule has 1 amide bonds. The largest absolute Gasteiger partial charge is 0.481 e. The number of rotatable bonds is 7. The number of halogens is 5. The molecule has 0 fully saturated rings. The monoisotopic (exact) mass is 502 g/mol. The SMILES string of the molecule is CC(CC(=O)O)Nc1ncc(C(=O)Nc2nc(-c3cccc(C(F)(F)F)c3F)cs2)cc1Cl. The summed E-state index contributed by atoms with van der Waals surface area (Å²) in [4.78, 5) is 31.2. The number of carbonyl (C=O) groups excluding carboxylic acids is 1. The van der Waals surface area contributed by atoms with Gasteiger partial charge in [0.05, 0.1) is 28.3 Å². The molecule has 3 N–H and O–H groups in total. The number of carbonyl (C=O) groups is 2. The Morgan fingerprint density at radius 2 is 2.03 bits per heavy atom. The van der Waals surface area contributed by atoms with Crippen LogP contribution in [0.1, 0.15) is 29.3 Å². The van der Waals surface area contributed by atoms with E-state index in [2.05, 4.69) is 20.6 Å². The highest BCUT2D eigenvalue weighted by molar-refractivity contribution is 7.14. The molecular formula is C20H15ClF4N4O3S. The van der Waals surface area contributed by atoms with Crippen LogP contribution in [0.4, 0.5) is 28.5 Å². The van der Waals surface area contributed by atoms with Gasteiger partial charge in [-0.1, -0.05) is 17.7 Å². The van der Waals surface area contributed by atoms with Gasteiger partial charge in [0.15, 0.2) is 5.13 Å². The Labute approximate surface area is 193 Å². The highest BCUT2D eigenvalue weighted by atomic mass is 35.5. The van der Waals surface area contributed by atoms with Crippen molar-refractivity contribution in [3.05, 3.63) is 57.8 Å². The van der Waals surface area contributed by atoms with Crippen molar-refractivity contribution < 1.29 is 32.3 Å². The molecule has 174 valence electrons. The number of anilines is 2. The maximum absolute atomic E-state index is 14.3. The molecule has 33 heavy (non-hydrogen) atoms. The van der Waals surface area contributed by atoms with Crippen LogP contribution >= 0.6 is 22.9 Å². The first-order chi connectivity index (χ1) is 15.5. The van der Waals surface area contributed by atoms with E-state index in [1.807, 2.05) is 0 Å². The number of carboxylic acids is 1. The molecule has 0 aliphatic rings. The van der Waals surface area contributed by atoms with E-state index in [-0.39, 0.29) is 39.2 Å². The molecule has 3 rings (SSSR count). The zero-order chi connectivity index (χ0) is 24.3. The van der Waals surface area contributed by atoms with Gasteiger partial charge >= 0.3 is 12.1 Å². The van der Waals surface area contributed by atoms with E-state index >= 15 is 0 Å². The van der Waals surface area contributed by atoms with E-state index in [0.29, 0.717) is 6.07 Å². The van der Waals surface area contributed by atoms with Crippen LogP contribution in [0.15, 0.2) is 35.8 Å². The fourth-order valence-corrected chi connectivity index (χ4v) is 3.71. The molecular weight excluding hydrogens is 488 g/mol. The number of aromatic nitrogens is 2. The third kappa shape index (κ3) is 5.96. The minimum atomic E-state index is -4.86. The van der Waals surface area contributed by atoms with Crippen LogP contribution in [0.25, 0.3) is 11.3 Å². The van der Waals surface area contributed by atoms with Crippen molar-refractivity contribution >= 4 is 45.8 Å². The third-order valence-corrected chi connectivity index (χ3v) is 5.32. The van der Waals surface area contributed by atoms with Gasteiger partial charge in [0.2, 0.25) is 0 Å². The summed E-state index contributed by atoms with van der Waals surface area (Å²) in [5.74, 6) is -2.92. The third-order valence-electron chi connectivity index (χ3n) is 4.27. The fraction of sp³-hybridized carbons (Fsp3) is 0.200. The van der Waals surface area contributed by atoms with Crippen molar-refractivity contribution in [2.45, 2.75) is 25.6 Å². The van der Waals surface area contributed by atoms with Crippen molar-refractivity contribution in [1.29, 1.82) is 0 Å². The van der Waals surface area contributed by atoms with Gasteiger partial charge in [-0.25, -0.2) is 14.4 Å². The quantitative estimate of drug-likeness (QED) is 0.366. The van der Waals surface area contributed by atoms with Crippen LogP contribution in [0, 0.1) is 5.82 Å². The Hall–Kier alpha value is -3.25. The average molecular weight is 503 g/mol. The highest BCUT2D eigenvalue weighted by Gasteiger charge is 2.35. The van der Waals surface area contributed by atoms with Gasteiger partial charge in [-0.3, -0.25) is 14.9 Å². The molecule has 13 heteroatoms. The molecule has 0 saturated carbocycles. The Balaban J connectivity index is 1.74. The summed E-state index contributed by atoms with van der Waals surface area (Å²) < 4.78 is 53.1. The first kappa shape index (κ1) is 24.4. The summed E-state index contributed by atoms with van der Waals surface area (Å²) in [6.45, 7) is 1.63. The maximum Gasteiger partial charge on any atom is 0.419 e. The lowest BCUT2D eigenvalue weighted by atomic mass is 10.1. The van der Waals surface area contributed by atoms with Crippen LogP contribution in [0.3, 0.4) is 0 Å². The second kappa shape index (κ2) is 9.71. The molecule has 1 unspecified atom stereocenters. The molecule has 0 aliphatic carbocycles. The first-order valence-electron chi connectivity index (χ1n) is 9.22. The zero-order valence-corrected chi connectivity index (χ0v) is 18.3. The zero-order valence-electron chi connectivity index (χ0n) is 16.7. The minimum absolute atomic E-state index is 0.0280. The number of alkyl halides is 3. The summed E-state index contributed by atoms with van der Waals surface area (Å²) in [6.07, 6.45) is -3.82. The molecule has 0 radical (unpaired) electrons. The molecule has 0 spiro atoms. The lowest BCUT2D eigenvalue weighted by molar-refractivity contribution is -0.140. The molecule has 1 aromatic carbocycles. The molecule has 0 aliphatic heterocycles. The van der Waals surface area contributed by atoms with Crippen LogP contribution in [-0.4, -0.2) is 33.0 Å². The van der Waals surface area contributed by atoms with Crippen molar-refractivity contribution in [2.75, 3.05) is 10.6 Å². The summed E-state index contributed by atoms with van der Waals surface area (Å²) in [5.41, 5.74) is -1.77. The maximum atomic E-state index is 14.3. The Morgan fingerprint density at radius 3 is 2.67 bits per heavy atom. The average Bonchev–Trinajstić information content (AvgIpc) is 3.16. The number of hydrogen-bond donors (Lipinski definition) is 3. The Kier molecular flexibility index (Phi) is 7.18. The van der Waals surface area contributed by atoms with E-state index in [0.717, 1.165) is 23.5 Å². The lowest BCUT2D eigenvalue weighted by Crippen LogP contribution is -2.20. The van der Waals surface area contributed by atoms with E-state index < -0.39 is 35.5 Å². The predicted octanol–water partition coefficient (Wildman–Crippen LogP) is 5.54. The van der Waals surface area contributed by atoms with Gasteiger partial charge in [0, 0.05) is 23.2 Å². The smallest absolute Gasteiger partial charge is 0.419 e. The number of nitrogens with one attached hydrogen (secondary N) is 2. The second-order valence-electron chi connectivity index (χ2n) is 6.85. The summed E-state index contributed by atoms with van der Waals surface area (Å²) in [7, 11) is 0. The molecule has 2 heterocycles. The number of thiazole rings is 1. The van der Waals surface area contributed by atoms with E-state index in [4.69, 9.17) is 16.7 Å². The standard InChI is InChI=1S/C20H15ClF4N4O3S/c1-9(5-15(30)31)27-17-13(21)6-10(7-26-17)18(32)29-19-28-14(8-33-19)11-3-2-4-12(16(11)22)20(23,24)25/h2-4,6-9H,5H2,1H3,(H,26,27)(H,30,31)(H,28,29,32). The Bertz CT molecular complexity index is 1200. The number of pyridine rings is 1. The van der Waals surface area contributed by atoms with Gasteiger partial charge in [0.1, 0.15) is 11.6 Å². The van der Waals surface area contributed by atoms with Gasteiger partial charge in [-0.15, -0.1) is 11.3 Å². The summed E-state index contributed by atoms with van der Waals surface area (Å²) in [6, 6.07) is 3.70. The van der Waals surface area contributed by atoms with E-state index in [1.165, 1.54) is 17.6 Å². The molecule has 3 aromatic rings. The molecule has 1 atom stereocenters. The van der Waals surface area contributed by atoms with E-state index in [9.17, 15) is 27.2 Å². The molecule has 7 nitrogen and oxygen atoms in total. The number of amides is 1. The van der Waals surface area contributed by atoms with Crippen LogP contribution in [0.5, 0.6) is 0 Å². The van der Waals surface area contributed by atoms with Gasteiger partial charge in [0.25, 0.3) is 5.91 Å². The van der Waals surface area contributed by atoms with Gasteiger partial charge < -0.3 is 10.4 Å². The van der Waals surface area contributed by atoms with Crippen molar-refractivity contribution in [3.8, 4) is 11.3 Å². The first-order valence-corrected chi connectivity index (χ1v) is 10.5. The van der Waals surface area contributed by atoms with Crippen molar-refractivity contribution in [3.63, 3.8) is 0 Å². The molecule has 2 aromatic heterocycles. The van der Waals surface area contributed by atoms with Gasteiger partial charge in [-0.05, 0) is 25.1 Å². The predicted molar refractivity (Wildman–Crippen MR) is 115 cm³/mol. The second-order valence-corrected chi connectivity index (χ2v) is 8.12. The number of hydrogen-bond acceptors (Lipinski definition) is 6. The lowest BCUT2D eigenvalue weighted by Gasteiger charge is -2.13. The van der Waals surface area contributed by atoms with Gasteiger partial charge in [-0.2, -0.15) is 13.2 Å². The normalized spacial score (nSPS) is 12.3. The Morgan fingerprint density at radius 1 is 1.30 bits per heavy atom.